The molecule has 0 spiro atoms. The topological polar surface area (TPSA) is 35.0 Å². The molecule has 0 amide bonds. The molecule has 1 saturated carbocycles. The number of ether oxygens (including phenoxy) is 1. The summed E-state index contributed by atoms with van der Waals surface area (Å²) in [6, 6.07) is 0. The summed E-state index contributed by atoms with van der Waals surface area (Å²) in [6.45, 7) is 6.39. The van der Waals surface area contributed by atoms with Crippen molar-refractivity contribution in [2.45, 2.75) is 58.5 Å². The number of aromatic nitrogens is 2. The van der Waals surface area contributed by atoms with Gasteiger partial charge in [0.1, 0.15) is 11.3 Å². The highest BCUT2D eigenvalue weighted by molar-refractivity contribution is 14.1. The largest absolute Gasteiger partial charge is 0.373 e. The number of methoxy groups -OCH3 is 1. The maximum atomic E-state index is 6.33. The molecule has 3 nitrogen and oxygen atoms in total. The Morgan fingerprint density at radius 1 is 1.25 bits per heavy atom. The minimum Gasteiger partial charge on any atom is -0.373 e. The Labute approximate surface area is 140 Å². The van der Waals surface area contributed by atoms with Crippen LogP contribution >= 0.6 is 34.2 Å². The highest BCUT2D eigenvalue weighted by atomic mass is 127. The molecule has 1 fully saturated rings. The van der Waals surface area contributed by atoms with Gasteiger partial charge >= 0.3 is 0 Å². The monoisotopic (exact) mass is 408 g/mol. The van der Waals surface area contributed by atoms with E-state index in [2.05, 4.69) is 48.3 Å². The number of rotatable bonds is 3. The van der Waals surface area contributed by atoms with E-state index in [9.17, 15) is 0 Å². The van der Waals surface area contributed by atoms with Crippen molar-refractivity contribution in [3.8, 4) is 0 Å². The molecule has 1 heterocycles. The Morgan fingerprint density at radius 2 is 1.85 bits per heavy atom. The molecule has 0 bridgehead atoms. The van der Waals surface area contributed by atoms with E-state index in [1.54, 1.807) is 7.11 Å². The van der Waals surface area contributed by atoms with Crippen LogP contribution in [0.15, 0.2) is 0 Å². The van der Waals surface area contributed by atoms with Crippen molar-refractivity contribution in [1.82, 2.24) is 9.97 Å². The molecule has 20 heavy (non-hydrogen) atoms. The van der Waals surface area contributed by atoms with E-state index in [1.165, 1.54) is 25.7 Å². The summed E-state index contributed by atoms with van der Waals surface area (Å²) in [4.78, 5) is 9.29. The molecule has 0 radical (unpaired) electrons. The molecule has 5 heteroatoms. The number of hydrogen-bond donors (Lipinski definition) is 0. The fourth-order valence-electron chi connectivity index (χ4n) is 2.89. The molecule has 0 aliphatic heterocycles. The quantitative estimate of drug-likeness (QED) is 0.514. The first kappa shape index (κ1) is 16.4. The van der Waals surface area contributed by atoms with Crippen molar-refractivity contribution in [3.05, 3.63) is 20.2 Å². The molecular weight excluding hydrogens is 387 g/mol. The Hall–Kier alpha value is 0.0600. The van der Waals surface area contributed by atoms with Crippen LogP contribution < -0.4 is 0 Å². The summed E-state index contributed by atoms with van der Waals surface area (Å²) in [7, 11) is 1.71. The van der Waals surface area contributed by atoms with Gasteiger partial charge < -0.3 is 4.74 Å². The van der Waals surface area contributed by atoms with Crippen LogP contribution in [0.25, 0.3) is 0 Å². The summed E-state index contributed by atoms with van der Waals surface area (Å²) < 4.78 is 6.63. The van der Waals surface area contributed by atoms with E-state index < -0.39 is 0 Å². The molecule has 1 aliphatic carbocycles. The van der Waals surface area contributed by atoms with Crippen LogP contribution in [0, 0.1) is 8.99 Å². The molecule has 1 aliphatic rings. The van der Waals surface area contributed by atoms with E-state index >= 15 is 0 Å². The van der Waals surface area contributed by atoms with Gasteiger partial charge in [-0.1, -0.05) is 45.2 Å². The zero-order valence-electron chi connectivity index (χ0n) is 12.5. The molecule has 112 valence electrons. The second kappa shape index (κ2) is 6.44. The molecule has 0 N–H and O–H groups in total. The molecule has 1 atom stereocenters. The predicted octanol–water partition coefficient (Wildman–Crippen LogP) is 5.13. The number of nitrogens with zero attached hydrogens (tertiary/aromatic N) is 2. The van der Waals surface area contributed by atoms with Crippen molar-refractivity contribution in [2.24, 2.45) is 5.41 Å². The minimum absolute atomic E-state index is 0.0577. The van der Waals surface area contributed by atoms with Crippen LogP contribution in [0.2, 0.25) is 5.15 Å². The third-order valence-corrected chi connectivity index (χ3v) is 5.51. The summed E-state index contributed by atoms with van der Waals surface area (Å²) in [6.07, 6.45) is 4.83. The number of hydrogen-bond acceptors (Lipinski definition) is 3. The van der Waals surface area contributed by atoms with Gasteiger partial charge in [0, 0.05) is 13.0 Å². The lowest BCUT2D eigenvalue weighted by atomic mass is 9.88. The van der Waals surface area contributed by atoms with Gasteiger partial charge in [-0.25, -0.2) is 9.97 Å². The predicted molar refractivity (Wildman–Crippen MR) is 90.2 cm³/mol. The van der Waals surface area contributed by atoms with Gasteiger partial charge in [-0.3, -0.25) is 0 Å². The lowest BCUT2D eigenvalue weighted by molar-refractivity contribution is 0.00842. The smallest absolute Gasteiger partial charge is 0.159 e. The SMILES string of the molecule is COC(c1nc(Cl)c(I)c(C2CCCC2)n1)C(C)(C)C. The number of halogens is 2. The molecule has 1 aromatic rings. The van der Waals surface area contributed by atoms with Crippen molar-refractivity contribution in [3.63, 3.8) is 0 Å². The Bertz CT molecular complexity index is 481. The Kier molecular flexibility index (Phi) is 5.29. The first-order valence-electron chi connectivity index (χ1n) is 7.10. The maximum absolute atomic E-state index is 6.33. The normalized spacial score (nSPS) is 18.5. The summed E-state index contributed by atoms with van der Waals surface area (Å²) in [5.74, 6) is 1.24. The highest BCUT2D eigenvalue weighted by Crippen LogP contribution is 2.39. The summed E-state index contributed by atoms with van der Waals surface area (Å²) in [5.41, 5.74) is 1.06. The Morgan fingerprint density at radius 3 is 2.35 bits per heavy atom. The average Bonchev–Trinajstić information content (AvgIpc) is 2.86. The van der Waals surface area contributed by atoms with E-state index in [1.807, 2.05) is 0 Å². The van der Waals surface area contributed by atoms with E-state index in [0.29, 0.717) is 16.9 Å². The van der Waals surface area contributed by atoms with Gasteiger partial charge in [-0.15, -0.1) is 0 Å². The summed E-state index contributed by atoms with van der Waals surface area (Å²) in [5, 5.41) is 0.559. The van der Waals surface area contributed by atoms with Crippen LogP contribution in [0.3, 0.4) is 0 Å². The van der Waals surface area contributed by atoms with Gasteiger partial charge in [0.25, 0.3) is 0 Å². The third-order valence-electron chi connectivity index (χ3n) is 3.85. The second-order valence-electron chi connectivity index (χ2n) is 6.53. The standard InChI is InChI=1S/C15H22ClIN2O/c1-15(2,3)12(20-4)14-18-11(9-7-5-6-8-9)10(17)13(16)19-14/h9,12H,5-8H2,1-4H3. The van der Waals surface area contributed by atoms with Crippen LogP contribution in [0.4, 0.5) is 0 Å². The van der Waals surface area contributed by atoms with Gasteiger partial charge in [-0.05, 0) is 40.8 Å². The molecule has 2 rings (SSSR count). The zero-order valence-corrected chi connectivity index (χ0v) is 15.5. The first-order valence-corrected chi connectivity index (χ1v) is 8.56. The first-order chi connectivity index (χ1) is 9.34. The second-order valence-corrected chi connectivity index (χ2v) is 7.97. The van der Waals surface area contributed by atoms with Crippen molar-refractivity contribution in [1.29, 1.82) is 0 Å². The van der Waals surface area contributed by atoms with Gasteiger partial charge in [-0.2, -0.15) is 0 Å². The van der Waals surface area contributed by atoms with Crippen molar-refractivity contribution >= 4 is 34.2 Å². The van der Waals surface area contributed by atoms with Crippen LogP contribution in [0.5, 0.6) is 0 Å². The van der Waals surface area contributed by atoms with Gasteiger partial charge in [0.2, 0.25) is 0 Å². The lowest BCUT2D eigenvalue weighted by Crippen LogP contribution is -2.23. The Balaban J connectivity index is 2.44. The van der Waals surface area contributed by atoms with Crippen LogP contribution in [0.1, 0.15) is 70.0 Å². The molecule has 0 saturated heterocycles. The summed E-state index contributed by atoms with van der Waals surface area (Å²) >= 11 is 8.60. The zero-order chi connectivity index (χ0) is 14.9. The van der Waals surface area contributed by atoms with Gasteiger partial charge in [0.15, 0.2) is 5.82 Å². The molecule has 1 unspecified atom stereocenters. The van der Waals surface area contributed by atoms with Crippen molar-refractivity contribution < 1.29 is 4.74 Å². The van der Waals surface area contributed by atoms with Gasteiger partial charge in [0.05, 0.1) is 9.26 Å². The molecule has 1 aromatic heterocycles. The van der Waals surface area contributed by atoms with Crippen LogP contribution in [-0.2, 0) is 4.74 Å². The third kappa shape index (κ3) is 3.45. The van der Waals surface area contributed by atoms with Crippen molar-refractivity contribution in [2.75, 3.05) is 7.11 Å². The molecular formula is C15H22ClIN2O. The minimum atomic E-state index is -0.142. The van der Waals surface area contributed by atoms with E-state index in [0.717, 1.165) is 9.26 Å². The lowest BCUT2D eigenvalue weighted by Gasteiger charge is -2.28. The highest BCUT2D eigenvalue weighted by Gasteiger charge is 2.31. The molecule has 0 aromatic carbocycles. The van der Waals surface area contributed by atoms with E-state index in [-0.39, 0.29) is 11.5 Å². The van der Waals surface area contributed by atoms with E-state index in [4.69, 9.17) is 21.3 Å². The maximum Gasteiger partial charge on any atom is 0.159 e. The average molecular weight is 409 g/mol. The van der Waals surface area contributed by atoms with Crippen LogP contribution in [-0.4, -0.2) is 17.1 Å². The fraction of sp³-hybridized carbons (Fsp3) is 0.733. The fourth-order valence-corrected chi connectivity index (χ4v) is 3.75.